The van der Waals surface area contributed by atoms with Crippen molar-refractivity contribution in [2.45, 2.75) is 26.7 Å². The lowest BCUT2D eigenvalue weighted by molar-refractivity contribution is 0.0953. The molecule has 1 N–H and O–H groups in total. The van der Waals surface area contributed by atoms with Crippen molar-refractivity contribution in [2.75, 3.05) is 12.4 Å². The molecule has 0 bridgehead atoms. The van der Waals surface area contributed by atoms with Gasteiger partial charge in [-0.2, -0.15) is 0 Å². The molecule has 27 heavy (non-hydrogen) atoms. The topological polar surface area (TPSA) is 56.1 Å². The molecule has 1 aliphatic rings. The Bertz CT molecular complexity index is 972. The van der Waals surface area contributed by atoms with Crippen LogP contribution in [0.3, 0.4) is 0 Å². The second kappa shape index (κ2) is 6.91. The van der Waals surface area contributed by atoms with E-state index in [0.29, 0.717) is 23.7 Å². The van der Waals surface area contributed by atoms with Crippen molar-refractivity contribution < 1.29 is 9.53 Å². The summed E-state index contributed by atoms with van der Waals surface area (Å²) < 4.78 is 7.14. The zero-order valence-corrected chi connectivity index (χ0v) is 15.8. The van der Waals surface area contributed by atoms with Crippen molar-refractivity contribution in [3.05, 3.63) is 65.4 Å². The summed E-state index contributed by atoms with van der Waals surface area (Å²) in [5, 5.41) is 8.10. The van der Waals surface area contributed by atoms with Gasteiger partial charge in [0.05, 0.1) is 24.1 Å². The molecule has 5 heteroatoms. The minimum atomic E-state index is 0.151. The number of benzene rings is 2. The summed E-state index contributed by atoms with van der Waals surface area (Å²) in [5.41, 5.74) is 4.72. The van der Waals surface area contributed by atoms with E-state index in [1.165, 1.54) is 5.56 Å². The van der Waals surface area contributed by atoms with E-state index in [4.69, 9.17) is 9.84 Å². The van der Waals surface area contributed by atoms with Gasteiger partial charge in [-0.3, -0.25) is 4.79 Å². The molecular formula is C22H23N3O2. The van der Waals surface area contributed by atoms with Crippen LogP contribution < -0.4 is 10.1 Å². The highest BCUT2D eigenvalue weighted by atomic mass is 16.5. The van der Waals surface area contributed by atoms with Crippen LogP contribution in [0.1, 0.15) is 35.0 Å². The van der Waals surface area contributed by atoms with E-state index in [9.17, 15) is 4.79 Å². The van der Waals surface area contributed by atoms with Crippen molar-refractivity contribution >= 4 is 17.3 Å². The molecule has 0 saturated carbocycles. The molecule has 1 aromatic heterocycles. The first kappa shape index (κ1) is 17.3. The number of aromatic nitrogens is 2. The molecule has 1 heterocycles. The van der Waals surface area contributed by atoms with E-state index in [0.717, 1.165) is 29.2 Å². The van der Waals surface area contributed by atoms with Crippen LogP contribution in [0.2, 0.25) is 0 Å². The van der Waals surface area contributed by atoms with Crippen LogP contribution in [0, 0.1) is 12.8 Å². The lowest BCUT2D eigenvalue weighted by atomic mass is 9.87. The van der Waals surface area contributed by atoms with Gasteiger partial charge in [0.2, 0.25) is 0 Å². The molecule has 0 unspecified atom stereocenters. The number of methoxy groups -OCH3 is 1. The molecule has 0 saturated heterocycles. The van der Waals surface area contributed by atoms with Crippen LogP contribution in [-0.2, 0) is 6.42 Å². The zero-order valence-electron chi connectivity index (χ0n) is 15.8. The molecule has 5 nitrogen and oxygen atoms in total. The molecule has 2 aromatic carbocycles. The van der Waals surface area contributed by atoms with Crippen LogP contribution >= 0.6 is 0 Å². The third kappa shape index (κ3) is 3.33. The molecule has 3 aromatic rings. The maximum Gasteiger partial charge on any atom is 0.168 e. The summed E-state index contributed by atoms with van der Waals surface area (Å²) >= 11 is 0. The van der Waals surface area contributed by atoms with Crippen molar-refractivity contribution in [1.29, 1.82) is 0 Å². The number of nitrogens with zero attached hydrogens (tertiary/aromatic N) is 2. The fraction of sp³-hybridized carbons (Fsp3) is 0.273. The van der Waals surface area contributed by atoms with Crippen molar-refractivity contribution in [3.63, 3.8) is 0 Å². The lowest BCUT2D eigenvalue weighted by Crippen LogP contribution is -2.19. The highest BCUT2D eigenvalue weighted by Gasteiger charge is 2.31. The Morgan fingerprint density at radius 2 is 1.78 bits per heavy atom. The number of hydrogen-bond donors (Lipinski definition) is 1. The number of Topliss-reactive ketones (excluding diaryl/α,β-unsaturated/α-hetero) is 1. The number of hydrogen-bond acceptors (Lipinski definition) is 4. The van der Waals surface area contributed by atoms with E-state index in [2.05, 4.69) is 19.2 Å². The third-order valence-electron chi connectivity index (χ3n) is 4.97. The standard InChI is InChI=1S/C22H23N3O2/c1-14-4-6-16(7-5-14)23-22-21-19(12-15(2)13-20(21)26)25(24-22)17-8-10-18(27-3)11-9-17/h4-11,15H,12-13H2,1-3H3,(H,23,24)/t15-/m0/s1. The zero-order chi connectivity index (χ0) is 19.0. The van der Waals surface area contributed by atoms with Gasteiger partial charge in [0.1, 0.15) is 5.75 Å². The molecule has 0 amide bonds. The van der Waals surface area contributed by atoms with Crippen LogP contribution in [0.15, 0.2) is 48.5 Å². The molecule has 0 spiro atoms. The number of carbonyl (C=O) groups is 1. The van der Waals surface area contributed by atoms with E-state index in [1.807, 2.05) is 53.2 Å². The van der Waals surface area contributed by atoms with Crippen LogP contribution in [0.25, 0.3) is 5.69 Å². The van der Waals surface area contributed by atoms with Gasteiger partial charge in [0.25, 0.3) is 0 Å². The summed E-state index contributed by atoms with van der Waals surface area (Å²) in [5.74, 6) is 1.88. The summed E-state index contributed by atoms with van der Waals surface area (Å²) in [6.07, 6.45) is 1.39. The number of anilines is 2. The average Bonchev–Trinajstić information content (AvgIpc) is 3.02. The molecule has 0 aliphatic heterocycles. The average molecular weight is 361 g/mol. The van der Waals surface area contributed by atoms with Gasteiger partial charge >= 0.3 is 0 Å². The summed E-state index contributed by atoms with van der Waals surface area (Å²) in [7, 11) is 1.65. The number of nitrogens with one attached hydrogen (secondary N) is 1. The highest BCUT2D eigenvalue weighted by Crippen LogP contribution is 2.34. The van der Waals surface area contributed by atoms with Crippen LogP contribution in [0.4, 0.5) is 11.5 Å². The Morgan fingerprint density at radius 3 is 2.44 bits per heavy atom. The Kier molecular flexibility index (Phi) is 4.44. The van der Waals surface area contributed by atoms with Crippen LogP contribution in [0.5, 0.6) is 5.75 Å². The first-order chi connectivity index (χ1) is 13.0. The molecule has 0 radical (unpaired) electrons. The minimum absolute atomic E-state index is 0.151. The fourth-order valence-electron chi connectivity index (χ4n) is 3.55. The monoisotopic (exact) mass is 361 g/mol. The quantitative estimate of drug-likeness (QED) is 0.732. The van der Waals surface area contributed by atoms with E-state index in [-0.39, 0.29) is 5.78 Å². The Labute approximate surface area is 159 Å². The van der Waals surface area contributed by atoms with Gasteiger partial charge in [-0.15, -0.1) is 5.10 Å². The maximum atomic E-state index is 12.8. The Morgan fingerprint density at radius 1 is 1.07 bits per heavy atom. The summed E-state index contributed by atoms with van der Waals surface area (Å²) in [6, 6.07) is 15.8. The van der Waals surface area contributed by atoms with Crippen molar-refractivity contribution in [2.24, 2.45) is 5.92 Å². The van der Waals surface area contributed by atoms with Gasteiger partial charge in [-0.05, 0) is 55.7 Å². The molecule has 4 rings (SSSR count). The number of carbonyl (C=O) groups excluding carboxylic acids is 1. The lowest BCUT2D eigenvalue weighted by Gasteiger charge is -2.19. The molecule has 0 fully saturated rings. The smallest absolute Gasteiger partial charge is 0.168 e. The van der Waals surface area contributed by atoms with E-state index < -0.39 is 0 Å². The Hall–Kier alpha value is -3.08. The fourth-order valence-corrected chi connectivity index (χ4v) is 3.55. The largest absolute Gasteiger partial charge is 0.497 e. The first-order valence-corrected chi connectivity index (χ1v) is 9.18. The third-order valence-corrected chi connectivity index (χ3v) is 4.97. The van der Waals surface area contributed by atoms with Crippen molar-refractivity contribution in [3.8, 4) is 11.4 Å². The highest BCUT2D eigenvalue weighted by molar-refractivity contribution is 6.03. The van der Waals surface area contributed by atoms with Crippen molar-refractivity contribution in [1.82, 2.24) is 9.78 Å². The van der Waals surface area contributed by atoms with Crippen LogP contribution in [-0.4, -0.2) is 22.7 Å². The SMILES string of the molecule is COc1ccc(-n2nc(Nc3ccc(C)cc3)c3c2C[C@H](C)CC3=O)cc1. The van der Waals surface area contributed by atoms with Gasteiger partial charge in [-0.25, -0.2) is 4.68 Å². The van der Waals surface area contributed by atoms with Gasteiger partial charge in [0, 0.05) is 12.1 Å². The number of ketones is 1. The van der Waals surface area contributed by atoms with E-state index in [1.54, 1.807) is 7.11 Å². The molecular weight excluding hydrogens is 338 g/mol. The molecule has 1 atom stereocenters. The molecule has 1 aliphatic carbocycles. The summed E-state index contributed by atoms with van der Waals surface area (Å²) in [4.78, 5) is 12.8. The molecule has 138 valence electrons. The first-order valence-electron chi connectivity index (χ1n) is 9.18. The number of ether oxygens (including phenoxy) is 1. The van der Waals surface area contributed by atoms with E-state index >= 15 is 0 Å². The second-order valence-electron chi connectivity index (χ2n) is 7.21. The Balaban J connectivity index is 1.79. The number of fused-ring (bicyclic) bond motifs is 1. The van der Waals surface area contributed by atoms with Gasteiger partial charge < -0.3 is 10.1 Å². The number of rotatable bonds is 4. The number of aryl methyl sites for hydroxylation is 1. The minimum Gasteiger partial charge on any atom is -0.497 e. The summed E-state index contributed by atoms with van der Waals surface area (Å²) in [6.45, 7) is 4.16. The van der Waals surface area contributed by atoms with Gasteiger partial charge in [0.15, 0.2) is 11.6 Å². The normalized spacial score (nSPS) is 16.1. The van der Waals surface area contributed by atoms with Gasteiger partial charge in [-0.1, -0.05) is 24.6 Å². The maximum absolute atomic E-state index is 12.8. The predicted molar refractivity (Wildman–Crippen MR) is 106 cm³/mol. The predicted octanol–water partition coefficient (Wildman–Crippen LogP) is 4.70. The second-order valence-corrected chi connectivity index (χ2v) is 7.21.